The van der Waals surface area contributed by atoms with Gasteiger partial charge in [0.1, 0.15) is 0 Å². The fourth-order valence-corrected chi connectivity index (χ4v) is 2.23. The molecule has 0 fully saturated rings. The normalized spacial score (nSPS) is 10.6. The van der Waals surface area contributed by atoms with Crippen molar-refractivity contribution in [2.24, 2.45) is 0 Å². The first-order valence-corrected chi connectivity index (χ1v) is 6.40. The van der Waals surface area contributed by atoms with E-state index in [1.165, 1.54) is 19.2 Å². The van der Waals surface area contributed by atoms with Crippen molar-refractivity contribution in [3.63, 3.8) is 0 Å². The summed E-state index contributed by atoms with van der Waals surface area (Å²) < 4.78 is 18.5. The molecular weight excluding hydrogens is 271 g/mol. The van der Waals surface area contributed by atoms with Gasteiger partial charge in [-0.15, -0.1) is 0 Å². The van der Waals surface area contributed by atoms with Crippen LogP contribution in [0, 0.1) is 5.82 Å². The number of hydrogen-bond donors (Lipinski definition) is 2. The Morgan fingerprint density at radius 1 is 1.24 bits per heavy atom. The van der Waals surface area contributed by atoms with E-state index < -0.39 is 5.82 Å². The van der Waals surface area contributed by atoms with Crippen LogP contribution in [0.25, 0.3) is 10.9 Å². The van der Waals surface area contributed by atoms with Gasteiger partial charge in [-0.1, -0.05) is 6.07 Å². The molecule has 2 aromatic carbocycles. The fourth-order valence-electron chi connectivity index (χ4n) is 2.23. The summed E-state index contributed by atoms with van der Waals surface area (Å²) in [5.41, 5.74) is 1.79. The Kier molecular flexibility index (Phi) is 3.31. The number of aromatic nitrogens is 1. The van der Waals surface area contributed by atoms with E-state index in [0.29, 0.717) is 11.3 Å². The first-order chi connectivity index (χ1) is 10.2. The third kappa shape index (κ3) is 2.45. The highest BCUT2D eigenvalue weighted by atomic mass is 19.1. The summed E-state index contributed by atoms with van der Waals surface area (Å²) in [6.45, 7) is 0. The molecule has 0 spiro atoms. The summed E-state index contributed by atoms with van der Waals surface area (Å²) in [7, 11) is 1.39. The van der Waals surface area contributed by atoms with Crippen LogP contribution in [0.1, 0.15) is 10.4 Å². The molecule has 2 N–H and O–H groups in total. The fraction of sp³-hybridized carbons (Fsp3) is 0.0625. The second-order valence-corrected chi connectivity index (χ2v) is 4.55. The van der Waals surface area contributed by atoms with Crippen molar-refractivity contribution in [3.8, 4) is 5.75 Å². The molecule has 0 aliphatic heterocycles. The van der Waals surface area contributed by atoms with Gasteiger partial charge in [-0.3, -0.25) is 4.79 Å². The van der Waals surface area contributed by atoms with Gasteiger partial charge < -0.3 is 15.0 Å². The van der Waals surface area contributed by atoms with Gasteiger partial charge in [0.15, 0.2) is 11.6 Å². The Bertz CT molecular complexity index is 811. The van der Waals surface area contributed by atoms with Gasteiger partial charge in [0.25, 0.3) is 5.91 Å². The maximum Gasteiger partial charge on any atom is 0.256 e. The highest BCUT2D eigenvalue weighted by Gasteiger charge is 2.12. The van der Waals surface area contributed by atoms with E-state index in [0.717, 1.165) is 10.9 Å². The number of ether oxygens (including phenoxy) is 1. The number of anilines is 1. The van der Waals surface area contributed by atoms with Crippen LogP contribution in [-0.4, -0.2) is 18.0 Å². The van der Waals surface area contributed by atoms with Gasteiger partial charge in [0.2, 0.25) is 0 Å². The number of carbonyl (C=O) groups excluding carboxylic acids is 1. The van der Waals surface area contributed by atoms with E-state index in [4.69, 9.17) is 4.74 Å². The third-order valence-corrected chi connectivity index (χ3v) is 3.25. The smallest absolute Gasteiger partial charge is 0.256 e. The Morgan fingerprint density at radius 2 is 2.10 bits per heavy atom. The van der Waals surface area contributed by atoms with E-state index in [9.17, 15) is 9.18 Å². The van der Waals surface area contributed by atoms with Crippen molar-refractivity contribution >= 4 is 22.5 Å². The zero-order valence-electron chi connectivity index (χ0n) is 11.3. The molecule has 1 aromatic heterocycles. The van der Waals surface area contributed by atoms with Gasteiger partial charge in [0, 0.05) is 34.4 Å². The van der Waals surface area contributed by atoms with Crippen molar-refractivity contribution in [2.45, 2.75) is 0 Å². The average molecular weight is 284 g/mol. The highest BCUT2D eigenvalue weighted by molar-refractivity contribution is 6.12. The topological polar surface area (TPSA) is 54.1 Å². The van der Waals surface area contributed by atoms with Gasteiger partial charge in [-0.2, -0.15) is 0 Å². The minimum atomic E-state index is -0.518. The number of aromatic amines is 1. The Hall–Kier alpha value is -2.82. The summed E-state index contributed by atoms with van der Waals surface area (Å²) in [6.07, 6.45) is 1.77. The summed E-state index contributed by atoms with van der Waals surface area (Å²) in [4.78, 5) is 15.4. The SMILES string of the molecule is COc1ccc(NC(=O)c2cccc3[nH]ccc23)cc1F. The molecular formula is C16H13FN2O2. The third-order valence-electron chi connectivity index (χ3n) is 3.25. The molecule has 0 atom stereocenters. The van der Waals surface area contributed by atoms with Crippen LogP contribution in [0.4, 0.5) is 10.1 Å². The summed E-state index contributed by atoms with van der Waals surface area (Å²) in [6, 6.07) is 11.5. The molecule has 0 unspecified atom stereocenters. The number of benzene rings is 2. The predicted molar refractivity (Wildman–Crippen MR) is 79.2 cm³/mol. The molecule has 21 heavy (non-hydrogen) atoms. The number of halogens is 1. The molecule has 1 amide bonds. The Morgan fingerprint density at radius 3 is 2.86 bits per heavy atom. The van der Waals surface area contributed by atoms with Gasteiger partial charge in [-0.25, -0.2) is 4.39 Å². The van der Waals surface area contributed by atoms with Crippen LogP contribution in [0.15, 0.2) is 48.7 Å². The van der Waals surface area contributed by atoms with E-state index in [1.54, 1.807) is 24.4 Å². The zero-order chi connectivity index (χ0) is 14.8. The molecule has 0 saturated heterocycles. The van der Waals surface area contributed by atoms with Crippen LogP contribution >= 0.6 is 0 Å². The van der Waals surface area contributed by atoms with E-state index in [-0.39, 0.29) is 11.7 Å². The number of nitrogens with one attached hydrogen (secondary N) is 2. The number of rotatable bonds is 3. The second-order valence-electron chi connectivity index (χ2n) is 4.55. The summed E-state index contributed by atoms with van der Waals surface area (Å²) in [5.74, 6) is -0.666. The number of amides is 1. The van der Waals surface area contributed by atoms with Crippen LogP contribution in [0.5, 0.6) is 5.75 Å². The number of methoxy groups -OCH3 is 1. The monoisotopic (exact) mass is 284 g/mol. The average Bonchev–Trinajstić information content (AvgIpc) is 2.95. The first kappa shape index (κ1) is 13.2. The molecule has 0 radical (unpaired) electrons. The number of hydrogen-bond acceptors (Lipinski definition) is 2. The van der Waals surface area contributed by atoms with Crippen molar-refractivity contribution < 1.29 is 13.9 Å². The molecule has 0 bridgehead atoms. The van der Waals surface area contributed by atoms with Crippen LogP contribution in [-0.2, 0) is 0 Å². The van der Waals surface area contributed by atoms with Crippen LogP contribution in [0.3, 0.4) is 0 Å². The second kappa shape index (κ2) is 5.28. The molecule has 0 aliphatic rings. The van der Waals surface area contributed by atoms with Gasteiger partial charge in [0.05, 0.1) is 7.11 Å². The first-order valence-electron chi connectivity index (χ1n) is 6.40. The largest absolute Gasteiger partial charge is 0.494 e. The zero-order valence-corrected chi connectivity index (χ0v) is 11.3. The van der Waals surface area contributed by atoms with Crippen LogP contribution < -0.4 is 10.1 Å². The molecule has 5 heteroatoms. The highest BCUT2D eigenvalue weighted by Crippen LogP contribution is 2.22. The molecule has 1 heterocycles. The maximum absolute atomic E-state index is 13.6. The Labute approximate surface area is 120 Å². The number of fused-ring (bicyclic) bond motifs is 1. The predicted octanol–water partition coefficient (Wildman–Crippen LogP) is 3.57. The van der Waals surface area contributed by atoms with Crippen molar-refractivity contribution in [3.05, 3.63) is 60.0 Å². The van der Waals surface area contributed by atoms with Gasteiger partial charge in [-0.05, 0) is 30.3 Å². The molecule has 3 rings (SSSR count). The van der Waals surface area contributed by atoms with Crippen molar-refractivity contribution in [2.75, 3.05) is 12.4 Å². The summed E-state index contributed by atoms with van der Waals surface area (Å²) in [5, 5.41) is 3.51. The van der Waals surface area contributed by atoms with E-state index >= 15 is 0 Å². The standard InChI is InChI=1S/C16H13FN2O2/c1-21-15-6-5-10(9-13(15)17)19-16(20)12-3-2-4-14-11(12)7-8-18-14/h2-9,18H,1H3,(H,19,20). The van der Waals surface area contributed by atoms with E-state index in [2.05, 4.69) is 10.3 Å². The van der Waals surface area contributed by atoms with Crippen molar-refractivity contribution in [1.29, 1.82) is 0 Å². The summed E-state index contributed by atoms with van der Waals surface area (Å²) >= 11 is 0. The molecule has 0 aliphatic carbocycles. The van der Waals surface area contributed by atoms with Gasteiger partial charge >= 0.3 is 0 Å². The minimum Gasteiger partial charge on any atom is -0.494 e. The Balaban J connectivity index is 1.89. The lowest BCUT2D eigenvalue weighted by Crippen LogP contribution is -2.12. The minimum absolute atomic E-state index is 0.140. The molecule has 4 nitrogen and oxygen atoms in total. The molecule has 106 valence electrons. The van der Waals surface area contributed by atoms with E-state index in [1.807, 2.05) is 12.1 Å². The quantitative estimate of drug-likeness (QED) is 0.772. The molecule has 3 aromatic rings. The van der Waals surface area contributed by atoms with Crippen LogP contribution in [0.2, 0.25) is 0 Å². The number of H-pyrrole nitrogens is 1. The lowest BCUT2D eigenvalue weighted by Gasteiger charge is -2.08. The maximum atomic E-state index is 13.6. The lowest BCUT2D eigenvalue weighted by atomic mass is 10.1. The lowest BCUT2D eigenvalue weighted by molar-refractivity contribution is 0.102. The van der Waals surface area contributed by atoms with Crippen molar-refractivity contribution in [1.82, 2.24) is 4.98 Å². The molecule has 0 saturated carbocycles. The number of carbonyl (C=O) groups is 1.